The lowest BCUT2D eigenvalue weighted by atomic mass is 9.97. The summed E-state index contributed by atoms with van der Waals surface area (Å²) in [7, 11) is -3.15. The van der Waals surface area contributed by atoms with Crippen molar-refractivity contribution in [3.05, 3.63) is 0 Å². The monoisotopic (exact) mass is 249 g/mol. The zero-order valence-corrected chi connectivity index (χ0v) is 10.4. The number of hydrogen-bond acceptors (Lipinski definition) is 4. The fourth-order valence-electron chi connectivity index (χ4n) is 2.30. The van der Waals surface area contributed by atoms with Gasteiger partial charge in [-0.15, -0.1) is 0 Å². The molecule has 2 fully saturated rings. The van der Waals surface area contributed by atoms with E-state index in [-0.39, 0.29) is 18.4 Å². The first-order chi connectivity index (χ1) is 7.44. The van der Waals surface area contributed by atoms with Gasteiger partial charge in [0.05, 0.1) is 11.9 Å². The van der Waals surface area contributed by atoms with Crippen LogP contribution >= 0.6 is 0 Å². The normalized spacial score (nSPS) is 40.0. The fourth-order valence-corrected chi connectivity index (χ4v) is 3.96. The van der Waals surface area contributed by atoms with E-state index in [9.17, 15) is 13.5 Å². The van der Waals surface area contributed by atoms with Gasteiger partial charge in [-0.3, -0.25) is 0 Å². The Labute approximate surface area is 96.4 Å². The zero-order chi connectivity index (χ0) is 11.8. The summed E-state index contributed by atoms with van der Waals surface area (Å²) in [6, 6.07) is 0. The number of ether oxygens (including phenoxy) is 1. The zero-order valence-electron chi connectivity index (χ0n) is 9.55. The van der Waals surface area contributed by atoms with E-state index in [0.717, 1.165) is 12.8 Å². The molecule has 2 aliphatic heterocycles. The SMILES string of the molecule is CC1OCCC1(O)CN1CCCCS1(=O)=O. The highest BCUT2D eigenvalue weighted by atomic mass is 32.2. The van der Waals surface area contributed by atoms with Crippen molar-refractivity contribution in [2.75, 3.05) is 25.4 Å². The Hall–Kier alpha value is -0.170. The maximum Gasteiger partial charge on any atom is 0.214 e. The van der Waals surface area contributed by atoms with Crippen molar-refractivity contribution in [2.45, 2.75) is 37.9 Å². The van der Waals surface area contributed by atoms with Crippen LogP contribution in [0.2, 0.25) is 0 Å². The molecular weight excluding hydrogens is 230 g/mol. The maximum atomic E-state index is 11.8. The predicted molar refractivity (Wildman–Crippen MR) is 59.6 cm³/mol. The Kier molecular flexibility index (Phi) is 3.27. The lowest BCUT2D eigenvalue weighted by Gasteiger charge is -2.34. The molecule has 0 aromatic heterocycles. The molecule has 2 heterocycles. The number of aliphatic hydroxyl groups is 1. The van der Waals surface area contributed by atoms with Gasteiger partial charge in [-0.2, -0.15) is 4.31 Å². The highest BCUT2D eigenvalue weighted by Gasteiger charge is 2.43. The predicted octanol–water partition coefficient (Wildman–Crippen LogP) is -0.0481. The number of nitrogens with zero attached hydrogens (tertiary/aromatic N) is 1. The molecule has 6 heteroatoms. The first kappa shape index (κ1) is 12.3. The third-order valence-corrected chi connectivity index (χ3v) is 5.47. The Morgan fingerprint density at radius 2 is 2.25 bits per heavy atom. The minimum atomic E-state index is -3.15. The summed E-state index contributed by atoms with van der Waals surface area (Å²) < 4.78 is 30.3. The second-order valence-electron chi connectivity index (χ2n) is 4.72. The van der Waals surface area contributed by atoms with Gasteiger partial charge in [0.1, 0.15) is 5.60 Å². The van der Waals surface area contributed by atoms with E-state index < -0.39 is 15.6 Å². The molecule has 5 nitrogen and oxygen atoms in total. The second kappa shape index (κ2) is 4.25. The largest absolute Gasteiger partial charge is 0.386 e. The molecule has 1 N–H and O–H groups in total. The number of rotatable bonds is 2. The molecule has 2 unspecified atom stereocenters. The van der Waals surface area contributed by atoms with Crippen LogP contribution in [0.4, 0.5) is 0 Å². The van der Waals surface area contributed by atoms with Gasteiger partial charge in [-0.25, -0.2) is 8.42 Å². The van der Waals surface area contributed by atoms with Gasteiger partial charge >= 0.3 is 0 Å². The number of hydrogen-bond donors (Lipinski definition) is 1. The first-order valence-electron chi connectivity index (χ1n) is 5.76. The molecule has 0 radical (unpaired) electrons. The van der Waals surface area contributed by atoms with Gasteiger partial charge in [0.15, 0.2) is 0 Å². The standard InChI is InChI=1S/C10H19NO4S/c1-9-10(12,4-6-15-9)8-11-5-2-3-7-16(11,13)14/h9,12H,2-8H2,1H3. The summed E-state index contributed by atoms with van der Waals surface area (Å²) in [5.74, 6) is 0.207. The van der Waals surface area contributed by atoms with Crippen molar-refractivity contribution in [1.82, 2.24) is 4.31 Å². The minimum Gasteiger partial charge on any atom is -0.386 e. The van der Waals surface area contributed by atoms with Crippen molar-refractivity contribution in [3.8, 4) is 0 Å². The molecule has 2 atom stereocenters. The third-order valence-electron chi connectivity index (χ3n) is 3.56. The van der Waals surface area contributed by atoms with Crippen LogP contribution < -0.4 is 0 Å². The van der Waals surface area contributed by atoms with E-state index in [4.69, 9.17) is 4.74 Å². The average Bonchev–Trinajstić information content (AvgIpc) is 2.51. The van der Waals surface area contributed by atoms with Crippen molar-refractivity contribution in [1.29, 1.82) is 0 Å². The van der Waals surface area contributed by atoms with Gasteiger partial charge in [0.2, 0.25) is 10.0 Å². The van der Waals surface area contributed by atoms with Crippen LogP contribution in [-0.2, 0) is 14.8 Å². The van der Waals surface area contributed by atoms with Crippen LogP contribution in [0.25, 0.3) is 0 Å². The Morgan fingerprint density at radius 1 is 1.50 bits per heavy atom. The van der Waals surface area contributed by atoms with Crippen LogP contribution in [0.3, 0.4) is 0 Å². The maximum absolute atomic E-state index is 11.8. The molecule has 0 saturated carbocycles. The van der Waals surface area contributed by atoms with Gasteiger partial charge < -0.3 is 9.84 Å². The van der Waals surface area contributed by atoms with Gasteiger partial charge in [0, 0.05) is 26.1 Å². The lowest BCUT2D eigenvalue weighted by molar-refractivity contribution is -0.0378. The Morgan fingerprint density at radius 3 is 2.81 bits per heavy atom. The van der Waals surface area contributed by atoms with Crippen LogP contribution in [0.5, 0.6) is 0 Å². The first-order valence-corrected chi connectivity index (χ1v) is 7.37. The summed E-state index contributed by atoms with van der Waals surface area (Å²) >= 11 is 0. The molecule has 2 saturated heterocycles. The van der Waals surface area contributed by atoms with Crippen LogP contribution in [0, 0.1) is 0 Å². The number of sulfonamides is 1. The molecule has 0 amide bonds. The van der Waals surface area contributed by atoms with Gasteiger partial charge in [0.25, 0.3) is 0 Å². The summed E-state index contributed by atoms with van der Waals surface area (Å²) in [6.07, 6.45) is 1.83. The van der Waals surface area contributed by atoms with E-state index >= 15 is 0 Å². The lowest BCUT2D eigenvalue weighted by Crippen LogP contribution is -2.51. The molecule has 94 valence electrons. The molecule has 16 heavy (non-hydrogen) atoms. The van der Waals surface area contributed by atoms with Crippen LogP contribution in [-0.4, -0.2) is 55.0 Å². The van der Waals surface area contributed by atoms with Crippen molar-refractivity contribution >= 4 is 10.0 Å². The summed E-state index contributed by atoms with van der Waals surface area (Å²) in [5.41, 5.74) is -1.01. The molecule has 2 rings (SSSR count). The molecule has 0 aromatic rings. The van der Waals surface area contributed by atoms with Crippen LogP contribution in [0.15, 0.2) is 0 Å². The van der Waals surface area contributed by atoms with Crippen LogP contribution in [0.1, 0.15) is 26.2 Å². The molecule has 0 aliphatic carbocycles. The number of β-amino-alcohol motifs (C(OH)–C–C–N with tert-alkyl or cyclic N) is 1. The average molecular weight is 249 g/mol. The van der Waals surface area contributed by atoms with E-state index in [1.54, 1.807) is 6.92 Å². The minimum absolute atomic E-state index is 0.177. The van der Waals surface area contributed by atoms with E-state index in [1.807, 2.05) is 0 Å². The summed E-state index contributed by atoms with van der Waals surface area (Å²) in [6.45, 7) is 3.00. The molecule has 2 aliphatic rings. The molecule has 0 bridgehead atoms. The molecule has 0 aromatic carbocycles. The van der Waals surface area contributed by atoms with Gasteiger partial charge in [-0.1, -0.05) is 0 Å². The Bertz CT molecular complexity index is 356. The van der Waals surface area contributed by atoms with E-state index in [0.29, 0.717) is 19.6 Å². The third kappa shape index (κ3) is 2.25. The second-order valence-corrected chi connectivity index (χ2v) is 6.81. The smallest absolute Gasteiger partial charge is 0.214 e. The van der Waals surface area contributed by atoms with E-state index in [1.165, 1.54) is 4.31 Å². The fraction of sp³-hybridized carbons (Fsp3) is 1.00. The van der Waals surface area contributed by atoms with Crippen molar-refractivity contribution in [2.24, 2.45) is 0 Å². The molecule has 0 spiro atoms. The highest BCUT2D eigenvalue weighted by molar-refractivity contribution is 7.89. The van der Waals surface area contributed by atoms with Gasteiger partial charge in [-0.05, 0) is 19.8 Å². The topological polar surface area (TPSA) is 66.8 Å². The summed E-state index contributed by atoms with van der Waals surface area (Å²) in [5, 5.41) is 10.3. The van der Waals surface area contributed by atoms with Crippen molar-refractivity contribution in [3.63, 3.8) is 0 Å². The molecular formula is C10H19NO4S. The quantitative estimate of drug-likeness (QED) is 0.745. The summed E-state index contributed by atoms with van der Waals surface area (Å²) in [4.78, 5) is 0. The Balaban J connectivity index is 2.08. The van der Waals surface area contributed by atoms with Crippen molar-refractivity contribution < 1.29 is 18.3 Å². The highest BCUT2D eigenvalue weighted by Crippen LogP contribution is 2.28. The van der Waals surface area contributed by atoms with E-state index in [2.05, 4.69) is 0 Å².